The van der Waals surface area contributed by atoms with Crippen LogP contribution in [0.2, 0.25) is 5.02 Å². The van der Waals surface area contributed by atoms with E-state index in [4.69, 9.17) is 23.8 Å². The first-order chi connectivity index (χ1) is 6.72. The molecule has 0 heterocycles. The van der Waals surface area contributed by atoms with E-state index in [0.29, 0.717) is 5.11 Å². The van der Waals surface area contributed by atoms with Crippen molar-refractivity contribution in [3.63, 3.8) is 0 Å². The molecule has 0 aromatic heterocycles. The zero-order valence-corrected chi connectivity index (χ0v) is 9.25. The van der Waals surface area contributed by atoms with Crippen LogP contribution in [0.25, 0.3) is 0 Å². The average Bonchev–Trinajstić information content (AvgIpc) is 2.21. The van der Waals surface area contributed by atoms with E-state index >= 15 is 0 Å². The van der Waals surface area contributed by atoms with Crippen LogP contribution in [-0.2, 0) is 0 Å². The molecule has 1 rings (SSSR count). The summed E-state index contributed by atoms with van der Waals surface area (Å²) in [7, 11) is 1.75. The van der Waals surface area contributed by atoms with E-state index in [1.54, 1.807) is 13.3 Å². The summed E-state index contributed by atoms with van der Waals surface area (Å²) < 4.78 is 0. The molecule has 0 unspecified atom stereocenters. The molecule has 3 nitrogen and oxygen atoms in total. The summed E-state index contributed by atoms with van der Waals surface area (Å²) in [6.07, 6.45) is 1.79. The highest BCUT2D eigenvalue weighted by atomic mass is 35.5. The van der Waals surface area contributed by atoms with Gasteiger partial charge in [0.2, 0.25) is 5.11 Å². The predicted molar refractivity (Wildman–Crippen MR) is 62.4 cm³/mol. The van der Waals surface area contributed by atoms with Crippen molar-refractivity contribution in [2.75, 3.05) is 7.05 Å². The molecular formula is C9H11ClN3S+. The van der Waals surface area contributed by atoms with Gasteiger partial charge in [0.1, 0.15) is 0 Å². The van der Waals surface area contributed by atoms with Gasteiger partial charge in [-0.3, -0.25) is 0 Å². The van der Waals surface area contributed by atoms with Crippen molar-refractivity contribution in [3.8, 4) is 0 Å². The molecule has 0 saturated heterocycles. The molecule has 1 aromatic rings. The molecule has 14 heavy (non-hydrogen) atoms. The first-order valence-corrected chi connectivity index (χ1v) is 4.83. The number of halogens is 1. The zero-order valence-electron chi connectivity index (χ0n) is 7.67. The maximum Gasteiger partial charge on any atom is 0.223 e. The van der Waals surface area contributed by atoms with Crippen LogP contribution in [0.15, 0.2) is 24.3 Å². The summed E-state index contributed by atoms with van der Waals surface area (Å²) in [4.78, 5) is 0. The normalized spacial score (nSPS) is 10.1. The second-order valence-corrected chi connectivity index (χ2v) is 3.39. The van der Waals surface area contributed by atoms with E-state index in [1.807, 2.05) is 24.3 Å². The third-order valence-electron chi connectivity index (χ3n) is 1.52. The predicted octanol–water partition coefficient (Wildman–Crippen LogP) is -0.152. The van der Waals surface area contributed by atoms with Gasteiger partial charge in [-0.05, 0) is 36.5 Å². The molecular weight excluding hydrogens is 218 g/mol. The summed E-state index contributed by atoms with van der Waals surface area (Å²) in [5.74, 6) is 0. The van der Waals surface area contributed by atoms with E-state index in [-0.39, 0.29) is 0 Å². The fourth-order valence-electron chi connectivity index (χ4n) is 0.806. The maximum absolute atomic E-state index is 5.74. The van der Waals surface area contributed by atoms with Gasteiger partial charge in [-0.1, -0.05) is 11.6 Å². The third kappa shape index (κ3) is 3.72. The minimum Gasteiger partial charge on any atom is -0.361 e. The lowest BCUT2D eigenvalue weighted by atomic mass is 10.2. The van der Waals surface area contributed by atoms with Gasteiger partial charge in [-0.2, -0.15) is 0 Å². The molecule has 0 aliphatic rings. The van der Waals surface area contributed by atoms with E-state index in [0.717, 1.165) is 10.6 Å². The molecule has 0 bridgehead atoms. The fourth-order valence-corrected chi connectivity index (χ4v) is 0.991. The third-order valence-corrected chi connectivity index (χ3v) is 2.08. The standard InChI is InChI=1S/C9H10ClN3S/c1-11-9(14)13-12-6-7-2-4-8(10)5-3-7/h2-6H,1H3,(H2,11,13,14)/p+1. The van der Waals surface area contributed by atoms with Crippen LogP contribution in [0.5, 0.6) is 0 Å². The quantitative estimate of drug-likeness (QED) is 0.375. The van der Waals surface area contributed by atoms with Crippen molar-refractivity contribution in [2.45, 2.75) is 0 Å². The number of rotatable bonds is 2. The van der Waals surface area contributed by atoms with E-state index in [9.17, 15) is 0 Å². The molecule has 1 aromatic carbocycles. The molecule has 3 N–H and O–H groups in total. The SMILES string of the molecule is CNC(=S)N[NH+]=Cc1ccc(Cl)cc1. The summed E-state index contributed by atoms with van der Waals surface area (Å²) in [6, 6.07) is 7.45. The molecule has 0 spiro atoms. The monoisotopic (exact) mass is 228 g/mol. The van der Waals surface area contributed by atoms with Gasteiger partial charge in [0.15, 0.2) is 6.21 Å². The van der Waals surface area contributed by atoms with Crippen molar-refractivity contribution in [1.82, 2.24) is 10.7 Å². The molecule has 0 aliphatic carbocycles. The molecule has 0 atom stereocenters. The minimum absolute atomic E-state index is 0.537. The second-order valence-electron chi connectivity index (χ2n) is 2.54. The molecule has 0 radical (unpaired) electrons. The molecule has 5 heteroatoms. The Labute approximate surface area is 93.2 Å². The summed E-state index contributed by atoms with van der Waals surface area (Å²) in [5.41, 5.74) is 3.79. The molecule has 74 valence electrons. The summed E-state index contributed by atoms with van der Waals surface area (Å²) in [6.45, 7) is 0. The lowest BCUT2D eigenvalue weighted by Crippen LogP contribution is -2.82. The number of hydrazone groups is 1. The smallest absolute Gasteiger partial charge is 0.223 e. The van der Waals surface area contributed by atoms with Crippen LogP contribution in [0.1, 0.15) is 5.56 Å². The van der Waals surface area contributed by atoms with Crippen LogP contribution in [0, 0.1) is 0 Å². The number of hydrogen-bond acceptors (Lipinski definition) is 1. The Kier molecular flexibility index (Phi) is 4.35. The van der Waals surface area contributed by atoms with Crippen LogP contribution < -0.4 is 15.8 Å². The van der Waals surface area contributed by atoms with Crippen molar-refractivity contribution in [1.29, 1.82) is 0 Å². The molecule has 0 aliphatic heterocycles. The van der Waals surface area contributed by atoms with Gasteiger partial charge in [-0.15, -0.1) is 10.5 Å². The number of thiocarbonyl (C=S) groups is 1. The maximum atomic E-state index is 5.74. The largest absolute Gasteiger partial charge is 0.361 e. The lowest BCUT2D eigenvalue weighted by molar-refractivity contribution is -0.500. The van der Waals surface area contributed by atoms with Crippen molar-refractivity contribution < 1.29 is 5.10 Å². The second kappa shape index (κ2) is 5.57. The van der Waals surface area contributed by atoms with Gasteiger partial charge in [-0.25, -0.2) is 0 Å². The van der Waals surface area contributed by atoms with Crippen molar-refractivity contribution in [2.24, 2.45) is 0 Å². The summed E-state index contributed by atoms with van der Waals surface area (Å²) in [5, 5.41) is 6.89. The highest BCUT2D eigenvalue weighted by Gasteiger charge is 1.93. The topological polar surface area (TPSA) is 38.0 Å². The Morgan fingerprint density at radius 3 is 2.64 bits per heavy atom. The Hall–Kier alpha value is -1.13. The van der Waals surface area contributed by atoms with Crippen molar-refractivity contribution >= 4 is 35.1 Å². The summed E-state index contributed by atoms with van der Waals surface area (Å²) >= 11 is 10.6. The van der Waals surface area contributed by atoms with Crippen LogP contribution in [-0.4, -0.2) is 18.4 Å². The van der Waals surface area contributed by atoms with Crippen LogP contribution in [0.4, 0.5) is 0 Å². The number of hydrazine groups is 1. The Morgan fingerprint density at radius 1 is 1.43 bits per heavy atom. The zero-order chi connectivity index (χ0) is 10.4. The Balaban J connectivity index is 2.52. The number of benzene rings is 1. The minimum atomic E-state index is 0.537. The van der Waals surface area contributed by atoms with Gasteiger partial charge in [0.05, 0.1) is 0 Å². The van der Waals surface area contributed by atoms with E-state index in [2.05, 4.69) is 15.8 Å². The van der Waals surface area contributed by atoms with Gasteiger partial charge < -0.3 is 5.32 Å². The highest BCUT2D eigenvalue weighted by molar-refractivity contribution is 7.80. The van der Waals surface area contributed by atoms with Gasteiger partial charge in [0.25, 0.3) is 0 Å². The number of hydrogen-bond donors (Lipinski definition) is 3. The first kappa shape index (κ1) is 10.9. The van der Waals surface area contributed by atoms with E-state index < -0.39 is 0 Å². The fraction of sp³-hybridized carbons (Fsp3) is 0.111. The lowest BCUT2D eigenvalue weighted by Gasteiger charge is -1.94. The van der Waals surface area contributed by atoms with Gasteiger partial charge >= 0.3 is 0 Å². The number of nitrogens with one attached hydrogen (secondary N) is 3. The Morgan fingerprint density at radius 2 is 2.07 bits per heavy atom. The van der Waals surface area contributed by atoms with Crippen LogP contribution in [0.3, 0.4) is 0 Å². The van der Waals surface area contributed by atoms with Gasteiger partial charge in [0, 0.05) is 17.6 Å². The molecule has 0 fully saturated rings. The average molecular weight is 229 g/mol. The Bertz CT molecular complexity index is 334. The molecule has 0 amide bonds. The molecule has 0 saturated carbocycles. The van der Waals surface area contributed by atoms with Crippen LogP contribution >= 0.6 is 23.8 Å². The highest BCUT2D eigenvalue weighted by Crippen LogP contribution is 2.06. The first-order valence-electron chi connectivity index (χ1n) is 4.04. The van der Waals surface area contributed by atoms with Crippen molar-refractivity contribution in [3.05, 3.63) is 34.9 Å². The van der Waals surface area contributed by atoms with E-state index in [1.165, 1.54) is 0 Å².